The Kier molecular flexibility index (Phi) is 6.61. The molecule has 0 fully saturated rings. The molecule has 0 radical (unpaired) electrons. The van der Waals surface area contributed by atoms with Crippen LogP contribution < -0.4 is 17.0 Å². The largest absolute Gasteiger partial charge is 1.00 e. The third-order valence-corrected chi connectivity index (χ3v) is 2.14. The molecule has 0 spiro atoms. The molecule has 74 valence electrons. The molecule has 13 heavy (non-hydrogen) atoms. The van der Waals surface area contributed by atoms with Crippen molar-refractivity contribution in [3.63, 3.8) is 0 Å². The first-order valence-electron chi connectivity index (χ1n) is 4.84. The molecule has 0 aliphatic heterocycles. The summed E-state index contributed by atoms with van der Waals surface area (Å²) < 4.78 is 2.25. The van der Waals surface area contributed by atoms with E-state index < -0.39 is 0 Å². The van der Waals surface area contributed by atoms with Crippen LogP contribution in [0, 0.1) is 0 Å². The SMILES string of the molecule is CCCC[n+]1ccc(CC)cc1.[Cl-]. The van der Waals surface area contributed by atoms with Crippen LogP contribution in [-0.2, 0) is 13.0 Å². The second-order valence-electron chi connectivity index (χ2n) is 3.15. The maximum absolute atomic E-state index is 2.25. The van der Waals surface area contributed by atoms with Crippen LogP contribution in [0.1, 0.15) is 32.3 Å². The fourth-order valence-electron chi connectivity index (χ4n) is 1.21. The monoisotopic (exact) mass is 199 g/mol. The Morgan fingerprint density at radius 3 is 2.23 bits per heavy atom. The first-order chi connectivity index (χ1) is 5.86. The minimum atomic E-state index is 0. The number of nitrogens with zero attached hydrogens (tertiary/aromatic N) is 1. The fraction of sp³-hybridized carbons (Fsp3) is 0.545. The number of aromatic nitrogens is 1. The van der Waals surface area contributed by atoms with Crippen molar-refractivity contribution >= 4 is 0 Å². The highest BCUT2D eigenvalue weighted by Crippen LogP contribution is 1.95. The van der Waals surface area contributed by atoms with Gasteiger partial charge in [0.25, 0.3) is 0 Å². The molecule has 1 aromatic heterocycles. The van der Waals surface area contributed by atoms with E-state index in [9.17, 15) is 0 Å². The minimum Gasteiger partial charge on any atom is -1.00 e. The van der Waals surface area contributed by atoms with Gasteiger partial charge >= 0.3 is 0 Å². The van der Waals surface area contributed by atoms with E-state index in [0.717, 1.165) is 13.0 Å². The molecule has 2 heteroatoms. The molecule has 0 atom stereocenters. The molecule has 0 unspecified atom stereocenters. The molecule has 0 aromatic carbocycles. The standard InChI is InChI=1S/C11H18N.ClH/c1-3-5-8-12-9-6-11(4-2)7-10-12;/h6-7,9-10H,3-5,8H2,1-2H3;1H/q+1;/p-1. The highest BCUT2D eigenvalue weighted by molar-refractivity contribution is 5.06. The normalized spacial score (nSPS) is 9.38. The predicted octanol–water partition coefficient (Wildman–Crippen LogP) is -0.659. The zero-order chi connectivity index (χ0) is 8.81. The average Bonchev–Trinajstić information content (AvgIpc) is 2.15. The highest BCUT2D eigenvalue weighted by atomic mass is 35.5. The van der Waals surface area contributed by atoms with Crippen LogP contribution in [0.5, 0.6) is 0 Å². The number of hydrogen-bond donors (Lipinski definition) is 0. The Morgan fingerprint density at radius 1 is 1.15 bits per heavy atom. The summed E-state index contributed by atoms with van der Waals surface area (Å²) in [4.78, 5) is 0. The third kappa shape index (κ3) is 4.28. The zero-order valence-corrected chi connectivity index (χ0v) is 9.22. The average molecular weight is 200 g/mol. The molecular formula is C11H18ClN. The zero-order valence-electron chi connectivity index (χ0n) is 8.46. The van der Waals surface area contributed by atoms with Crippen molar-refractivity contribution in [3.8, 4) is 0 Å². The topological polar surface area (TPSA) is 3.88 Å². The van der Waals surface area contributed by atoms with Crippen LogP contribution in [0.3, 0.4) is 0 Å². The van der Waals surface area contributed by atoms with E-state index in [0.29, 0.717) is 0 Å². The summed E-state index contributed by atoms with van der Waals surface area (Å²) in [6.07, 6.45) is 8.02. The molecule has 0 amide bonds. The minimum absolute atomic E-state index is 0. The van der Waals surface area contributed by atoms with Gasteiger partial charge in [-0.3, -0.25) is 0 Å². The first kappa shape index (κ1) is 12.4. The molecular weight excluding hydrogens is 182 g/mol. The van der Waals surface area contributed by atoms with E-state index in [1.54, 1.807) is 0 Å². The number of rotatable bonds is 4. The van der Waals surface area contributed by atoms with Crippen LogP contribution in [-0.4, -0.2) is 0 Å². The van der Waals surface area contributed by atoms with Gasteiger partial charge in [-0.05, 0) is 12.0 Å². The number of aryl methyl sites for hydroxylation is 2. The van der Waals surface area contributed by atoms with Gasteiger partial charge in [0.2, 0.25) is 0 Å². The Balaban J connectivity index is 0.00000144. The number of unbranched alkanes of at least 4 members (excludes halogenated alkanes) is 1. The molecule has 0 N–H and O–H groups in total. The molecule has 0 bridgehead atoms. The van der Waals surface area contributed by atoms with E-state index in [2.05, 4.69) is 42.9 Å². The molecule has 1 heterocycles. The maximum Gasteiger partial charge on any atom is 0.169 e. The number of hydrogen-bond acceptors (Lipinski definition) is 0. The Labute approximate surface area is 87.2 Å². The molecule has 1 nitrogen and oxygen atoms in total. The summed E-state index contributed by atoms with van der Waals surface area (Å²) in [5.74, 6) is 0. The van der Waals surface area contributed by atoms with Gasteiger partial charge < -0.3 is 12.4 Å². The second-order valence-corrected chi connectivity index (χ2v) is 3.15. The van der Waals surface area contributed by atoms with Crippen LogP contribution in [0.4, 0.5) is 0 Å². The van der Waals surface area contributed by atoms with Crippen molar-refractivity contribution in [2.75, 3.05) is 0 Å². The Hall–Kier alpha value is -0.560. The molecule has 1 rings (SSSR count). The fourth-order valence-corrected chi connectivity index (χ4v) is 1.21. The van der Waals surface area contributed by atoms with E-state index >= 15 is 0 Å². The molecule has 0 aliphatic rings. The Morgan fingerprint density at radius 2 is 1.77 bits per heavy atom. The molecule has 1 aromatic rings. The van der Waals surface area contributed by atoms with Crippen LogP contribution >= 0.6 is 0 Å². The van der Waals surface area contributed by atoms with Gasteiger partial charge in [-0.2, -0.15) is 0 Å². The lowest BCUT2D eigenvalue weighted by Crippen LogP contribution is -3.00. The molecule has 0 saturated heterocycles. The van der Waals surface area contributed by atoms with Gasteiger partial charge in [-0.15, -0.1) is 0 Å². The molecule has 0 aliphatic carbocycles. The van der Waals surface area contributed by atoms with E-state index in [4.69, 9.17) is 0 Å². The van der Waals surface area contributed by atoms with Crippen LogP contribution in [0.15, 0.2) is 24.5 Å². The van der Waals surface area contributed by atoms with Gasteiger partial charge in [0.15, 0.2) is 12.4 Å². The van der Waals surface area contributed by atoms with Crippen LogP contribution in [0.2, 0.25) is 0 Å². The van der Waals surface area contributed by atoms with Crippen molar-refractivity contribution in [3.05, 3.63) is 30.1 Å². The van der Waals surface area contributed by atoms with Crippen molar-refractivity contribution in [2.45, 2.75) is 39.7 Å². The lowest BCUT2D eigenvalue weighted by molar-refractivity contribution is -0.697. The summed E-state index contributed by atoms with van der Waals surface area (Å²) in [5.41, 5.74) is 1.42. The summed E-state index contributed by atoms with van der Waals surface area (Å²) in [7, 11) is 0. The lowest BCUT2D eigenvalue weighted by atomic mass is 10.2. The van der Waals surface area contributed by atoms with E-state index in [1.807, 2.05) is 0 Å². The first-order valence-corrected chi connectivity index (χ1v) is 4.84. The van der Waals surface area contributed by atoms with E-state index in [1.165, 1.54) is 18.4 Å². The number of halogens is 1. The summed E-state index contributed by atoms with van der Waals surface area (Å²) in [6, 6.07) is 4.41. The summed E-state index contributed by atoms with van der Waals surface area (Å²) in [6.45, 7) is 5.56. The van der Waals surface area contributed by atoms with Gasteiger partial charge in [-0.25, -0.2) is 4.57 Å². The lowest BCUT2D eigenvalue weighted by Gasteiger charge is -1.96. The van der Waals surface area contributed by atoms with Crippen LogP contribution in [0.25, 0.3) is 0 Å². The Bertz CT molecular complexity index is 218. The highest BCUT2D eigenvalue weighted by Gasteiger charge is 1.97. The number of pyridine rings is 1. The van der Waals surface area contributed by atoms with Gasteiger partial charge in [0.1, 0.15) is 6.54 Å². The predicted molar refractivity (Wildman–Crippen MR) is 50.9 cm³/mol. The smallest absolute Gasteiger partial charge is 0.169 e. The maximum atomic E-state index is 2.25. The quantitative estimate of drug-likeness (QED) is 0.567. The second kappa shape index (κ2) is 6.90. The van der Waals surface area contributed by atoms with Crippen molar-refractivity contribution in [2.24, 2.45) is 0 Å². The van der Waals surface area contributed by atoms with Gasteiger partial charge in [-0.1, -0.05) is 20.3 Å². The molecule has 0 saturated carbocycles. The van der Waals surface area contributed by atoms with Gasteiger partial charge in [0.05, 0.1) is 0 Å². The van der Waals surface area contributed by atoms with Gasteiger partial charge in [0, 0.05) is 18.6 Å². The van der Waals surface area contributed by atoms with Crippen molar-refractivity contribution in [1.29, 1.82) is 0 Å². The summed E-state index contributed by atoms with van der Waals surface area (Å²) in [5, 5.41) is 0. The van der Waals surface area contributed by atoms with Crippen molar-refractivity contribution < 1.29 is 17.0 Å². The van der Waals surface area contributed by atoms with Crippen molar-refractivity contribution in [1.82, 2.24) is 0 Å². The summed E-state index contributed by atoms with van der Waals surface area (Å²) >= 11 is 0. The third-order valence-electron chi connectivity index (χ3n) is 2.14. The van der Waals surface area contributed by atoms with E-state index in [-0.39, 0.29) is 12.4 Å².